The van der Waals surface area contributed by atoms with Gasteiger partial charge < -0.3 is 10.2 Å². The molecule has 3 heteroatoms. The minimum Gasteiger partial charge on any atom is -0.313 e. The third-order valence-corrected chi connectivity index (χ3v) is 3.91. The van der Waals surface area contributed by atoms with Crippen LogP contribution in [0, 0.1) is 5.92 Å². The van der Waals surface area contributed by atoms with E-state index in [1.807, 2.05) is 12.1 Å². The number of rotatable bonds is 4. The maximum Gasteiger partial charge on any atom is 0.0406 e. The van der Waals surface area contributed by atoms with Crippen LogP contribution in [0.3, 0.4) is 0 Å². The van der Waals surface area contributed by atoms with Crippen LogP contribution in [0.2, 0.25) is 5.02 Å². The maximum absolute atomic E-state index is 5.90. The van der Waals surface area contributed by atoms with Gasteiger partial charge in [-0.15, -0.1) is 0 Å². The molecule has 100 valence electrons. The highest BCUT2D eigenvalue weighted by atomic mass is 35.5. The second-order valence-corrected chi connectivity index (χ2v) is 6.04. The Labute approximate surface area is 115 Å². The monoisotopic (exact) mass is 266 g/mol. The van der Waals surface area contributed by atoms with Crippen LogP contribution >= 0.6 is 11.6 Å². The van der Waals surface area contributed by atoms with Gasteiger partial charge in [0.15, 0.2) is 0 Å². The Bertz CT molecular complexity index is 363. The van der Waals surface area contributed by atoms with E-state index in [1.165, 1.54) is 24.9 Å². The molecule has 2 atom stereocenters. The lowest BCUT2D eigenvalue weighted by Crippen LogP contribution is -2.44. The molecule has 1 aliphatic heterocycles. The summed E-state index contributed by atoms with van der Waals surface area (Å²) in [6.07, 6.45) is 2.61. The van der Waals surface area contributed by atoms with Crippen LogP contribution in [-0.4, -0.2) is 31.1 Å². The van der Waals surface area contributed by atoms with Crippen LogP contribution in [-0.2, 0) is 6.54 Å². The number of piperidine rings is 1. The van der Waals surface area contributed by atoms with Crippen LogP contribution in [0.4, 0.5) is 0 Å². The zero-order valence-electron chi connectivity index (χ0n) is 11.3. The average molecular weight is 267 g/mol. The van der Waals surface area contributed by atoms with Gasteiger partial charge in [-0.05, 0) is 50.0 Å². The van der Waals surface area contributed by atoms with Crippen molar-refractivity contribution >= 4 is 11.6 Å². The van der Waals surface area contributed by atoms with E-state index in [4.69, 9.17) is 11.6 Å². The zero-order chi connectivity index (χ0) is 13.0. The summed E-state index contributed by atoms with van der Waals surface area (Å²) in [5, 5.41) is 4.42. The second-order valence-electron chi connectivity index (χ2n) is 5.60. The molecule has 0 spiro atoms. The van der Waals surface area contributed by atoms with E-state index >= 15 is 0 Å². The lowest BCUT2D eigenvalue weighted by molar-refractivity contribution is 0.230. The quantitative estimate of drug-likeness (QED) is 0.901. The standard InChI is InChI=1S/C15H23ClN2/c1-12-7-8-17-15(9-12)11-18(2)10-13-3-5-14(16)6-4-13/h3-6,12,15,17H,7-11H2,1-2H3. The van der Waals surface area contributed by atoms with E-state index in [0.717, 1.165) is 24.0 Å². The summed E-state index contributed by atoms with van der Waals surface area (Å²) in [6.45, 7) is 5.63. The van der Waals surface area contributed by atoms with E-state index in [1.54, 1.807) is 0 Å². The summed E-state index contributed by atoms with van der Waals surface area (Å²) < 4.78 is 0. The van der Waals surface area contributed by atoms with Crippen molar-refractivity contribution in [3.63, 3.8) is 0 Å². The first-order valence-corrected chi connectivity index (χ1v) is 7.17. The SMILES string of the molecule is CC1CCNC(CN(C)Cc2ccc(Cl)cc2)C1. The molecule has 0 saturated carbocycles. The largest absolute Gasteiger partial charge is 0.313 e. The zero-order valence-corrected chi connectivity index (χ0v) is 12.1. The predicted octanol–water partition coefficient (Wildman–Crippen LogP) is 3.16. The molecule has 1 aromatic rings. The third-order valence-electron chi connectivity index (χ3n) is 3.65. The molecule has 0 radical (unpaired) electrons. The summed E-state index contributed by atoms with van der Waals surface area (Å²) in [5.41, 5.74) is 1.32. The number of halogens is 1. The van der Waals surface area contributed by atoms with E-state index in [2.05, 4.69) is 36.3 Å². The van der Waals surface area contributed by atoms with Crippen molar-refractivity contribution in [3.05, 3.63) is 34.9 Å². The molecule has 1 fully saturated rings. The third kappa shape index (κ3) is 4.27. The fraction of sp³-hybridized carbons (Fsp3) is 0.600. The maximum atomic E-state index is 5.90. The normalized spacial score (nSPS) is 24.4. The molecule has 1 aliphatic rings. The fourth-order valence-electron chi connectivity index (χ4n) is 2.70. The fourth-order valence-corrected chi connectivity index (χ4v) is 2.83. The van der Waals surface area contributed by atoms with Crippen LogP contribution < -0.4 is 5.32 Å². The number of benzene rings is 1. The molecule has 2 nitrogen and oxygen atoms in total. The van der Waals surface area contributed by atoms with Gasteiger partial charge in [-0.3, -0.25) is 0 Å². The average Bonchev–Trinajstić information content (AvgIpc) is 2.32. The highest BCUT2D eigenvalue weighted by Gasteiger charge is 2.19. The minimum atomic E-state index is 0.644. The van der Waals surface area contributed by atoms with E-state index in [0.29, 0.717) is 6.04 Å². The first-order valence-electron chi connectivity index (χ1n) is 6.80. The summed E-state index contributed by atoms with van der Waals surface area (Å²) in [6, 6.07) is 8.79. The molecular weight excluding hydrogens is 244 g/mol. The Morgan fingerprint density at radius 2 is 2.06 bits per heavy atom. The molecule has 0 aliphatic carbocycles. The molecule has 1 saturated heterocycles. The van der Waals surface area contributed by atoms with Crippen LogP contribution in [0.1, 0.15) is 25.3 Å². The van der Waals surface area contributed by atoms with E-state index in [-0.39, 0.29) is 0 Å². The van der Waals surface area contributed by atoms with Gasteiger partial charge in [-0.2, -0.15) is 0 Å². The van der Waals surface area contributed by atoms with E-state index in [9.17, 15) is 0 Å². The number of hydrogen-bond donors (Lipinski definition) is 1. The molecule has 2 unspecified atom stereocenters. The van der Waals surface area contributed by atoms with Crippen molar-refractivity contribution in [1.29, 1.82) is 0 Å². The van der Waals surface area contributed by atoms with Crippen LogP contribution in [0.25, 0.3) is 0 Å². The Kier molecular flexibility index (Phi) is 5.04. The molecule has 1 aromatic carbocycles. The smallest absolute Gasteiger partial charge is 0.0406 e. The molecule has 1 N–H and O–H groups in total. The molecule has 1 heterocycles. The molecular formula is C15H23ClN2. The lowest BCUT2D eigenvalue weighted by atomic mass is 9.94. The summed E-state index contributed by atoms with van der Waals surface area (Å²) in [4.78, 5) is 2.39. The number of hydrogen-bond acceptors (Lipinski definition) is 2. The lowest BCUT2D eigenvalue weighted by Gasteiger charge is -2.31. The summed E-state index contributed by atoms with van der Waals surface area (Å²) >= 11 is 5.90. The summed E-state index contributed by atoms with van der Waals surface area (Å²) in [5.74, 6) is 0.861. The van der Waals surface area contributed by atoms with Crippen molar-refractivity contribution in [1.82, 2.24) is 10.2 Å². The van der Waals surface area contributed by atoms with Crippen LogP contribution in [0.5, 0.6) is 0 Å². The Morgan fingerprint density at radius 3 is 2.72 bits per heavy atom. The molecule has 0 bridgehead atoms. The Balaban J connectivity index is 1.81. The molecule has 0 amide bonds. The van der Waals surface area contributed by atoms with Crippen molar-refractivity contribution in [2.24, 2.45) is 5.92 Å². The van der Waals surface area contributed by atoms with Gasteiger partial charge in [0.2, 0.25) is 0 Å². The number of likely N-dealkylation sites (N-methyl/N-ethyl adjacent to an activating group) is 1. The van der Waals surface area contributed by atoms with Gasteiger partial charge in [-0.1, -0.05) is 30.7 Å². The number of nitrogens with one attached hydrogen (secondary N) is 1. The van der Waals surface area contributed by atoms with Crippen molar-refractivity contribution in [2.75, 3.05) is 20.1 Å². The molecule has 2 rings (SSSR count). The van der Waals surface area contributed by atoms with Gasteiger partial charge in [0.05, 0.1) is 0 Å². The van der Waals surface area contributed by atoms with Crippen molar-refractivity contribution < 1.29 is 0 Å². The summed E-state index contributed by atoms with van der Waals surface area (Å²) in [7, 11) is 2.19. The minimum absolute atomic E-state index is 0.644. The predicted molar refractivity (Wildman–Crippen MR) is 78.0 cm³/mol. The van der Waals surface area contributed by atoms with Gasteiger partial charge in [0, 0.05) is 24.2 Å². The molecule has 18 heavy (non-hydrogen) atoms. The van der Waals surface area contributed by atoms with E-state index < -0.39 is 0 Å². The second kappa shape index (κ2) is 6.55. The highest BCUT2D eigenvalue weighted by molar-refractivity contribution is 6.30. The van der Waals surface area contributed by atoms with Crippen molar-refractivity contribution in [2.45, 2.75) is 32.4 Å². The van der Waals surface area contributed by atoms with Gasteiger partial charge in [0.1, 0.15) is 0 Å². The Morgan fingerprint density at radius 1 is 1.33 bits per heavy atom. The highest BCUT2D eigenvalue weighted by Crippen LogP contribution is 2.16. The van der Waals surface area contributed by atoms with Gasteiger partial charge in [0.25, 0.3) is 0 Å². The topological polar surface area (TPSA) is 15.3 Å². The van der Waals surface area contributed by atoms with Crippen LogP contribution in [0.15, 0.2) is 24.3 Å². The van der Waals surface area contributed by atoms with Gasteiger partial charge >= 0.3 is 0 Å². The Hall–Kier alpha value is -0.570. The number of nitrogens with zero attached hydrogens (tertiary/aromatic N) is 1. The molecule has 0 aromatic heterocycles. The van der Waals surface area contributed by atoms with Crippen molar-refractivity contribution in [3.8, 4) is 0 Å². The first kappa shape index (κ1) is 13.9. The van der Waals surface area contributed by atoms with Gasteiger partial charge in [-0.25, -0.2) is 0 Å². The first-order chi connectivity index (χ1) is 8.63.